The van der Waals surface area contributed by atoms with Gasteiger partial charge in [-0.1, -0.05) is 35.9 Å². The number of rotatable bonds is 10. The standard InChI is InChI=1S/C27H31ClO12/c1-35-27(11-2-12-37-40-27)18-9-5-16(6-10-20(30)31)25(21(18)28)36-14-15-3-7-17(8-4-15)38-26-24(34)23(33)22(32)19(13-29)39-26/h3-10,19,22-24,26,29,32-34H,2,11-14H2,1H3,(H,30,31)/b10-6+/t19?,22-,23?,24?,26+,27?/m0/s1. The van der Waals surface area contributed by atoms with Gasteiger partial charge in [0.25, 0.3) is 0 Å². The van der Waals surface area contributed by atoms with Crippen LogP contribution in [-0.2, 0) is 36.4 Å². The zero-order valence-corrected chi connectivity index (χ0v) is 22.3. The molecule has 6 atom stereocenters. The third kappa shape index (κ3) is 6.57. The Balaban J connectivity index is 1.51. The number of carbonyl (C=O) groups is 1. The Labute approximate surface area is 234 Å². The third-order valence-electron chi connectivity index (χ3n) is 6.61. The van der Waals surface area contributed by atoms with Crippen LogP contribution in [0, 0.1) is 0 Å². The monoisotopic (exact) mass is 582 g/mol. The van der Waals surface area contributed by atoms with E-state index in [1.807, 2.05) is 0 Å². The summed E-state index contributed by atoms with van der Waals surface area (Å²) in [6.07, 6.45) is -3.53. The number of aliphatic carboxylic acids is 1. The van der Waals surface area contributed by atoms with Gasteiger partial charge in [0, 0.05) is 30.7 Å². The topological polar surface area (TPSA) is 174 Å². The highest BCUT2D eigenvalue weighted by molar-refractivity contribution is 6.33. The predicted octanol–water partition coefficient (Wildman–Crippen LogP) is 1.74. The molecule has 2 aromatic carbocycles. The van der Waals surface area contributed by atoms with Gasteiger partial charge in [0.2, 0.25) is 12.1 Å². The van der Waals surface area contributed by atoms with E-state index in [4.69, 9.17) is 45.4 Å². The van der Waals surface area contributed by atoms with Crippen LogP contribution in [0.25, 0.3) is 6.08 Å². The smallest absolute Gasteiger partial charge is 0.328 e. The molecule has 4 rings (SSSR count). The van der Waals surface area contributed by atoms with Crippen molar-refractivity contribution in [2.24, 2.45) is 0 Å². The van der Waals surface area contributed by atoms with Gasteiger partial charge < -0.3 is 44.5 Å². The van der Waals surface area contributed by atoms with E-state index in [-0.39, 0.29) is 23.1 Å². The van der Waals surface area contributed by atoms with E-state index < -0.39 is 49.1 Å². The highest BCUT2D eigenvalue weighted by Crippen LogP contribution is 2.44. The molecule has 2 saturated heterocycles. The molecule has 0 spiro atoms. The zero-order chi connectivity index (χ0) is 28.9. The largest absolute Gasteiger partial charge is 0.487 e. The second-order valence-electron chi connectivity index (χ2n) is 9.23. The maximum absolute atomic E-state index is 11.1. The molecule has 2 fully saturated rings. The van der Waals surface area contributed by atoms with Gasteiger partial charge in [-0.15, -0.1) is 0 Å². The van der Waals surface area contributed by atoms with Crippen LogP contribution in [0.1, 0.15) is 29.5 Å². The Bertz CT molecular complexity index is 1180. The molecule has 0 aromatic heterocycles. The molecule has 13 heteroatoms. The van der Waals surface area contributed by atoms with Crippen molar-refractivity contribution in [3.63, 3.8) is 0 Å². The van der Waals surface area contributed by atoms with Crippen LogP contribution in [0.5, 0.6) is 11.5 Å². The summed E-state index contributed by atoms with van der Waals surface area (Å²) >= 11 is 6.75. The maximum atomic E-state index is 11.1. The lowest BCUT2D eigenvalue weighted by Crippen LogP contribution is -2.60. The van der Waals surface area contributed by atoms with Crippen molar-refractivity contribution in [3.05, 3.63) is 64.2 Å². The Morgan fingerprint density at radius 1 is 1.12 bits per heavy atom. The van der Waals surface area contributed by atoms with Crippen LogP contribution < -0.4 is 9.47 Å². The van der Waals surface area contributed by atoms with Crippen molar-refractivity contribution >= 4 is 23.6 Å². The molecule has 0 saturated carbocycles. The van der Waals surface area contributed by atoms with Gasteiger partial charge in [-0.05, 0) is 30.2 Å². The summed E-state index contributed by atoms with van der Waals surface area (Å²) in [5.74, 6) is -1.90. The van der Waals surface area contributed by atoms with Crippen molar-refractivity contribution in [2.75, 3.05) is 20.3 Å². The summed E-state index contributed by atoms with van der Waals surface area (Å²) in [5, 5.41) is 48.7. The third-order valence-corrected chi connectivity index (χ3v) is 6.98. The fourth-order valence-corrected chi connectivity index (χ4v) is 4.76. The van der Waals surface area contributed by atoms with E-state index in [9.17, 15) is 25.2 Å². The highest BCUT2D eigenvalue weighted by atomic mass is 35.5. The molecular weight excluding hydrogens is 552 g/mol. The van der Waals surface area contributed by atoms with Crippen LogP contribution in [0.3, 0.4) is 0 Å². The summed E-state index contributed by atoms with van der Waals surface area (Å²) < 4.78 is 22.7. The normalized spacial score (nSPS) is 28.9. The molecule has 218 valence electrons. The van der Waals surface area contributed by atoms with Crippen LogP contribution in [0.2, 0.25) is 5.02 Å². The summed E-state index contributed by atoms with van der Waals surface area (Å²) in [4.78, 5) is 21.8. The molecule has 0 bridgehead atoms. The minimum atomic E-state index is -1.56. The number of hydrogen-bond acceptors (Lipinski definition) is 11. The van der Waals surface area contributed by atoms with E-state index in [1.54, 1.807) is 36.4 Å². The lowest BCUT2D eigenvalue weighted by Gasteiger charge is -2.39. The number of halogens is 1. The summed E-state index contributed by atoms with van der Waals surface area (Å²) in [6, 6.07) is 9.83. The van der Waals surface area contributed by atoms with Crippen LogP contribution >= 0.6 is 11.6 Å². The first kappa shape index (κ1) is 30.2. The van der Waals surface area contributed by atoms with Crippen LogP contribution in [-0.4, -0.2) is 82.5 Å². The lowest BCUT2D eigenvalue weighted by molar-refractivity contribution is -0.454. The Hall–Kier alpha value is -2.78. The molecule has 40 heavy (non-hydrogen) atoms. The second kappa shape index (κ2) is 13.3. The number of benzene rings is 2. The van der Waals surface area contributed by atoms with E-state index in [1.165, 1.54) is 13.2 Å². The first-order valence-electron chi connectivity index (χ1n) is 12.5. The fraction of sp³-hybridized carbons (Fsp3) is 0.444. The van der Waals surface area contributed by atoms with Gasteiger partial charge in [0.05, 0.1) is 18.2 Å². The van der Waals surface area contributed by atoms with Crippen LogP contribution in [0.15, 0.2) is 42.5 Å². The second-order valence-corrected chi connectivity index (χ2v) is 9.61. The first-order chi connectivity index (χ1) is 19.2. The van der Waals surface area contributed by atoms with Gasteiger partial charge >= 0.3 is 5.97 Å². The fourth-order valence-electron chi connectivity index (χ4n) is 4.39. The molecule has 2 heterocycles. The Morgan fingerprint density at radius 2 is 1.88 bits per heavy atom. The molecule has 12 nitrogen and oxygen atoms in total. The minimum Gasteiger partial charge on any atom is -0.487 e. The quantitative estimate of drug-likeness (QED) is 0.203. The Kier molecular flexibility index (Phi) is 10.0. The number of methoxy groups -OCH3 is 1. The van der Waals surface area contributed by atoms with Crippen LogP contribution in [0.4, 0.5) is 0 Å². The van der Waals surface area contributed by atoms with Gasteiger partial charge in [-0.3, -0.25) is 0 Å². The molecule has 0 amide bonds. The molecule has 2 aliphatic rings. The van der Waals surface area contributed by atoms with E-state index in [0.29, 0.717) is 36.1 Å². The molecule has 4 unspecified atom stereocenters. The summed E-state index contributed by atoms with van der Waals surface area (Å²) in [6.45, 7) is -0.129. The van der Waals surface area contributed by atoms with Gasteiger partial charge in [0.15, 0.2) is 0 Å². The average molecular weight is 583 g/mol. The van der Waals surface area contributed by atoms with Crippen molar-refractivity contribution in [1.29, 1.82) is 0 Å². The van der Waals surface area contributed by atoms with Gasteiger partial charge in [-0.25, -0.2) is 9.68 Å². The minimum absolute atomic E-state index is 0.0365. The predicted molar refractivity (Wildman–Crippen MR) is 138 cm³/mol. The van der Waals surface area contributed by atoms with Gasteiger partial charge in [0.1, 0.15) is 42.5 Å². The number of ether oxygens (including phenoxy) is 4. The molecule has 0 radical (unpaired) electrons. The van der Waals surface area contributed by atoms with E-state index in [2.05, 4.69) is 0 Å². The molecule has 0 aliphatic carbocycles. The van der Waals surface area contributed by atoms with Crippen molar-refractivity contribution in [2.45, 2.75) is 55.9 Å². The molecule has 2 aliphatic heterocycles. The number of hydrogen-bond donors (Lipinski definition) is 5. The first-order valence-corrected chi connectivity index (χ1v) is 12.9. The maximum Gasteiger partial charge on any atom is 0.328 e. The van der Waals surface area contributed by atoms with Gasteiger partial charge in [-0.2, -0.15) is 4.89 Å². The lowest BCUT2D eigenvalue weighted by atomic mass is 9.97. The molecule has 2 aromatic rings. The highest BCUT2D eigenvalue weighted by Gasteiger charge is 2.45. The number of aliphatic hydroxyl groups is 4. The van der Waals surface area contributed by atoms with E-state index in [0.717, 1.165) is 6.08 Å². The molecule has 5 N–H and O–H groups in total. The zero-order valence-electron chi connectivity index (χ0n) is 21.5. The number of carboxylic acids is 1. The average Bonchev–Trinajstić information content (AvgIpc) is 2.96. The summed E-state index contributed by atoms with van der Waals surface area (Å²) in [5.41, 5.74) is 1.57. The van der Waals surface area contributed by atoms with Crippen molar-refractivity contribution in [1.82, 2.24) is 0 Å². The number of carboxylic acid groups (broad SMARTS) is 1. The Morgan fingerprint density at radius 3 is 2.50 bits per heavy atom. The van der Waals surface area contributed by atoms with Crippen molar-refractivity contribution < 1.29 is 59.0 Å². The molecular formula is C27H31ClO12. The SMILES string of the molecule is COC1(c2ccc(/C=C/C(=O)O)c(OCc3ccc(O[C@@H]4OC(CO)[C@H](O)C(O)C4O)cc3)c2Cl)CCCOO1. The van der Waals surface area contributed by atoms with Crippen molar-refractivity contribution in [3.8, 4) is 11.5 Å². The van der Waals surface area contributed by atoms with E-state index >= 15 is 0 Å². The summed E-state index contributed by atoms with van der Waals surface area (Å²) in [7, 11) is 1.47. The number of aliphatic hydroxyl groups excluding tert-OH is 4.